The van der Waals surface area contributed by atoms with Crippen molar-refractivity contribution in [3.05, 3.63) is 51.9 Å². The van der Waals surface area contributed by atoms with E-state index < -0.39 is 0 Å². The van der Waals surface area contributed by atoms with Gasteiger partial charge in [0.25, 0.3) is 5.56 Å². The lowest BCUT2D eigenvalue weighted by molar-refractivity contribution is 0.898. The van der Waals surface area contributed by atoms with E-state index in [0.29, 0.717) is 0 Å². The van der Waals surface area contributed by atoms with E-state index in [1.54, 1.807) is 0 Å². The summed E-state index contributed by atoms with van der Waals surface area (Å²) in [5, 5.41) is 2.94. The van der Waals surface area contributed by atoms with Crippen LogP contribution in [-0.2, 0) is 12.8 Å². The summed E-state index contributed by atoms with van der Waals surface area (Å²) in [6.45, 7) is 0. The number of hydrogen-bond acceptors (Lipinski definition) is 3. The topological polar surface area (TPSA) is 96.2 Å². The summed E-state index contributed by atoms with van der Waals surface area (Å²) in [5.74, 6) is 0.439. The first-order chi connectivity index (χ1) is 9.72. The fourth-order valence-electron chi connectivity index (χ4n) is 2.29. The molecule has 0 radical (unpaired) electrons. The number of hydrogen-bond donors (Lipinski definition) is 3. The Morgan fingerprint density at radius 2 is 2.10 bits per heavy atom. The molecule has 1 aromatic heterocycles. The Bertz CT molecular complexity index is 705. The number of anilines is 1. The number of aliphatic imine (C=N–C) groups is 1. The van der Waals surface area contributed by atoms with Crippen LogP contribution in [0.2, 0.25) is 0 Å². The molecule has 0 fully saturated rings. The Kier molecular flexibility index (Phi) is 3.20. The first kappa shape index (κ1) is 12.4. The van der Waals surface area contributed by atoms with Crippen LogP contribution in [-0.4, -0.2) is 15.9 Å². The maximum absolute atomic E-state index is 11.8. The SMILES string of the molecule is N/C(=N\c1nc2c(c(=O)[nH]1)CCC2)Nc1ccccc1. The number of nitrogens with one attached hydrogen (secondary N) is 2. The summed E-state index contributed by atoms with van der Waals surface area (Å²) in [5.41, 5.74) is 8.14. The molecule has 3 rings (SSSR count). The van der Waals surface area contributed by atoms with Crippen molar-refractivity contribution in [2.75, 3.05) is 5.32 Å². The predicted octanol–water partition coefficient (Wildman–Crippen LogP) is 1.32. The zero-order valence-corrected chi connectivity index (χ0v) is 10.9. The van der Waals surface area contributed by atoms with Crippen LogP contribution >= 0.6 is 0 Å². The predicted molar refractivity (Wildman–Crippen MR) is 78.2 cm³/mol. The number of nitrogens with zero attached hydrogens (tertiary/aromatic N) is 2. The summed E-state index contributed by atoms with van der Waals surface area (Å²) in [7, 11) is 0. The molecule has 1 aliphatic carbocycles. The molecule has 2 aromatic rings. The second kappa shape index (κ2) is 5.16. The highest BCUT2D eigenvalue weighted by atomic mass is 16.1. The molecule has 0 saturated heterocycles. The van der Waals surface area contributed by atoms with Gasteiger partial charge in [0, 0.05) is 11.3 Å². The lowest BCUT2D eigenvalue weighted by Crippen LogP contribution is -2.23. The maximum Gasteiger partial charge on any atom is 0.255 e. The van der Waals surface area contributed by atoms with Crippen molar-refractivity contribution in [3.63, 3.8) is 0 Å². The van der Waals surface area contributed by atoms with Crippen LogP contribution in [0.3, 0.4) is 0 Å². The minimum atomic E-state index is -0.112. The summed E-state index contributed by atoms with van der Waals surface area (Å²) in [6.07, 6.45) is 2.59. The number of guanidine groups is 1. The molecule has 0 unspecified atom stereocenters. The molecule has 1 aromatic carbocycles. The summed E-state index contributed by atoms with van der Waals surface area (Å²) >= 11 is 0. The molecule has 102 valence electrons. The maximum atomic E-state index is 11.8. The second-order valence-corrected chi connectivity index (χ2v) is 4.66. The molecule has 0 atom stereocenters. The molecule has 6 heteroatoms. The number of para-hydroxylation sites is 1. The van der Waals surface area contributed by atoms with Crippen LogP contribution in [0.15, 0.2) is 40.1 Å². The molecule has 4 N–H and O–H groups in total. The van der Waals surface area contributed by atoms with Crippen molar-refractivity contribution in [1.82, 2.24) is 9.97 Å². The van der Waals surface area contributed by atoms with E-state index in [2.05, 4.69) is 20.3 Å². The van der Waals surface area contributed by atoms with Gasteiger partial charge in [-0.2, -0.15) is 4.99 Å². The van der Waals surface area contributed by atoms with E-state index in [9.17, 15) is 4.79 Å². The fraction of sp³-hybridized carbons (Fsp3) is 0.214. The molecule has 1 heterocycles. The third-order valence-electron chi connectivity index (χ3n) is 3.20. The Balaban J connectivity index is 1.85. The van der Waals surface area contributed by atoms with Crippen molar-refractivity contribution in [2.45, 2.75) is 19.3 Å². The van der Waals surface area contributed by atoms with Gasteiger partial charge < -0.3 is 11.1 Å². The number of aromatic nitrogens is 2. The standard InChI is InChI=1S/C14H15N5O/c15-13(16-9-5-2-1-3-6-9)19-14-17-11-8-4-7-10(11)12(20)18-14/h1-3,5-6H,4,7-8H2,(H4,15,16,17,18,19,20). The number of nitrogens with two attached hydrogens (primary N) is 1. The Labute approximate surface area is 115 Å². The van der Waals surface area contributed by atoms with Crippen molar-refractivity contribution < 1.29 is 0 Å². The quantitative estimate of drug-likeness (QED) is 0.566. The van der Waals surface area contributed by atoms with Gasteiger partial charge in [-0.15, -0.1) is 0 Å². The number of fused-ring (bicyclic) bond motifs is 1. The number of aromatic amines is 1. The highest BCUT2D eigenvalue weighted by molar-refractivity contribution is 5.93. The van der Waals surface area contributed by atoms with Crippen LogP contribution in [0.4, 0.5) is 11.6 Å². The van der Waals surface area contributed by atoms with E-state index in [1.165, 1.54) is 0 Å². The minimum Gasteiger partial charge on any atom is -0.369 e. The molecule has 20 heavy (non-hydrogen) atoms. The van der Waals surface area contributed by atoms with E-state index in [1.807, 2.05) is 30.3 Å². The average Bonchev–Trinajstić information content (AvgIpc) is 2.88. The highest BCUT2D eigenvalue weighted by Gasteiger charge is 2.16. The molecule has 0 aliphatic heterocycles. The molecule has 1 aliphatic rings. The summed E-state index contributed by atoms with van der Waals surface area (Å²) in [4.78, 5) is 22.9. The summed E-state index contributed by atoms with van der Waals surface area (Å²) < 4.78 is 0. The van der Waals surface area contributed by atoms with Gasteiger partial charge in [0.2, 0.25) is 11.9 Å². The van der Waals surface area contributed by atoms with Gasteiger partial charge in [0.15, 0.2) is 0 Å². The minimum absolute atomic E-state index is 0.112. The third kappa shape index (κ3) is 2.54. The number of benzene rings is 1. The largest absolute Gasteiger partial charge is 0.369 e. The first-order valence-corrected chi connectivity index (χ1v) is 6.51. The van der Waals surface area contributed by atoms with Gasteiger partial charge in [-0.1, -0.05) is 18.2 Å². The molecule has 0 bridgehead atoms. The number of H-pyrrole nitrogens is 1. The van der Waals surface area contributed by atoms with Gasteiger partial charge >= 0.3 is 0 Å². The van der Waals surface area contributed by atoms with Gasteiger partial charge in [-0.05, 0) is 31.4 Å². The van der Waals surface area contributed by atoms with Gasteiger partial charge in [0.05, 0.1) is 5.69 Å². The first-order valence-electron chi connectivity index (χ1n) is 6.51. The normalized spacial score (nSPS) is 14.1. The average molecular weight is 269 g/mol. The van der Waals surface area contributed by atoms with Crippen LogP contribution in [0.25, 0.3) is 0 Å². The van der Waals surface area contributed by atoms with Crippen molar-refractivity contribution in [1.29, 1.82) is 0 Å². The van der Waals surface area contributed by atoms with Crippen LogP contribution in [0.5, 0.6) is 0 Å². The van der Waals surface area contributed by atoms with Crippen molar-refractivity contribution in [2.24, 2.45) is 10.7 Å². The Morgan fingerprint density at radius 3 is 2.90 bits per heavy atom. The van der Waals surface area contributed by atoms with E-state index in [-0.39, 0.29) is 17.5 Å². The van der Waals surface area contributed by atoms with Crippen LogP contribution in [0, 0.1) is 0 Å². The van der Waals surface area contributed by atoms with E-state index in [0.717, 1.165) is 36.2 Å². The smallest absolute Gasteiger partial charge is 0.255 e. The lowest BCUT2D eigenvalue weighted by atomic mass is 10.3. The van der Waals surface area contributed by atoms with E-state index in [4.69, 9.17) is 5.73 Å². The molecular formula is C14H15N5O. The van der Waals surface area contributed by atoms with Crippen molar-refractivity contribution in [3.8, 4) is 0 Å². The van der Waals surface area contributed by atoms with Gasteiger partial charge in [-0.3, -0.25) is 9.78 Å². The van der Waals surface area contributed by atoms with Gasteiger partial charge in [-0.25, -0.2) is 4.98 Å². The zero-order valence-electron chi connectivity index (χ0n) is 10.9. The fourth-order valence-corrected chi connectivity index (χ4v) is 2.29. The molecule has 0 saturated carbocycles. The monoisotopic (exact) mass is 269 g/mol. The molecule has 6 nitrogen and oxygen atoms in total. The van der Waals surface area contributed by atoms with Crippen molar-refractivity contribution >= 4 is 17.6 Å². The number of aryl methyl sites for hydroxylation is 1. The molecular weight excluding hydrogens is 254 g/mol. The second-order valence-electron chi connectivity index (χ2n) is 4.66. The van der Waals surface area contributed by atoms with Gasteiger partial charge in [0.1, 0.15) is 0 Å². The third-order valence-corrected chi connectivity index (χ3v) is 3.20. The Hall–Kier alpha value is -2.63. The van der Waals surface area contributed by atoms with Crippen LogP contribution in [0.1, 0.15) is 17.7 Å². The van der Waals surface area contributed by atoms with Crippen LogP contribution < -0.4 is 16.6 Å². The lowest BCUT2D eigenvalue weighted by Gasteiger charge is -2.05. The highest BCUT2D eigenvalue weighted by Crippen LogP contribution is 2.17. The summed E-state index contributed by atoms with van der Waals surface area (Å²) in [6, 6.07) is 9.46. The molecule has 0 amide bonds. The zero-order chi connectivity index (χ0) is 13.9. The van der Waals surface area contributed by atoms with E-state index >= 15 is 0 Å². The molecule has 0 spiro atoms. The number of rotatable bonds is 2. The Morgan fingerprint density at radius 1 is 1.30 bits per heavy atom.